The average molecular weight is 348 g/mol. The average Bonchev–Trinajstić information content (AvgIpc) is 2.43. The van der Waals surface area contributed by atoms with Crippen LogP contribution in [-0.4, -0.2) is 53.5 Å². The SMILES string of the molecule is CCC(C)S[C@H]1OC[C@@H](OC(C)=O)[C@H](OC(C)=O)[C@H]1OC(C)=O. The molecule has 23 heavy (non-hydrogen) atoms. The first-order valence-electron chi connectivity index (χ1n) is 7.53. The summed E-state index contributed by atoms with van der Waals surface area (Å²) in [5.41, 5.74) is -0.495. The lowest BCUT2D eigenvalue weighted by Crippen LogP contribution is -2.56. The number of ether oxygens (including phenoxy) is 4. The van der Waals surface area contributed by atoms with Crippen LogP contribution in [0.3, 0.4) is 0 Å². The molecular weight excluding hydrogens is 324 g/mol. The van der Waals surface area contributed by atoms with Crippen LogP contribution in [0, 0.1) is 0 Å². The molecule has 1 saturated heterocycles. The van der Waals surface area contributed by atoms with E-state index in [4.69, 9.17) is 18.9 Å². The molecule has 0 saturated carbocycles. The Morgan fingerprint density at radius 1 is 1.04 bits per heavy atom. The van der Waals surface area contributed by atoms with Gasteiger partial charge in [-0.15, -0.1) is 11.8 Å². The van der Waals surface area contributed by atoms with Gasteiger partial charge in [-0.3, -0.25) is 14.4 Å². The van der Waals surface area contributed by atoms with Gasteiger partial charge in [-0.1, -0.05) is 13.8 Å². The van der Waals surface area contributed by atoms with E-state index in [-0.39, 0.29) is 11.9 Å². The Balaban J connectivity index is 3.01. The number of carbonyl (C=O) groups is 3. The third-order valence-corrected chi connectivity index (χ3v) is 4.72. The first kappa shape index (κ1) is 19.8. The summed E-state index contributed by atoms with van der Waals surface area (Å²) in [6, 6.07) is 0. The molecule has 0 aromatic heterocycles. The van der Waals surface area contributed by atoms with E-state index >= 15 is 0 Å². The minimum atomic E-state index is -0.893. The van der Waals surface area contributed by atoms with Crippen molar-refractivity contribution in [2.75, 3.05) is 6.61 Å². The van der Waals surface area contributed by atoms with Crippen LogP contribution in [0.15, 0.2) is 0 Å². The summed E-state index contributed by atoms with van der Waals surface area (Å²) < 4.78 is 21.5. The third-order valence-electron chi connectivity index (χ3n) is 3.25. The van der Waals surface area contributed by atoms with Gasteiger partial charge in [0.15, 0.2) is 18.3 Å². The maximum atomic E-state index is 11.4. The molecule has 1 heterocycles. The predicted octanol–water partition coefficient (Wildman–Crippen LogP) is 1.67. The van der Waals surface area contributed by atoms with Crippen molar-refractivity contribution in [3.8, 4) is 0 Å². The van der Waals surface area contributed by atoms with Crippen molar-refractivity contribution in [3.63, 3.8) is 0 Å². The summed E-state index contributed by atoms with van der Waals surface area (Å²) in [4.78, 5) is 34.1. The van der Waals surface area contributed by atoms with Crippen LogP contribution in [0.1, 0.15) is 41.0 Å². The Bertz CT molecular complexity index is 440. The molecule has 1 fully saturated rings. The van der Waals surface area contributed by atoms with Crippen LogP contribution in [0.25, 0.3) is 0 Å². The molecule has 5 atom stereocenters. The van der Waals surface area contributed by atoms with Crippen LogP contribution in [0.4, 0.5) is 0 Å². The molecule has 0 aromatic carbocycles. The van der Waals surface area contributed by atoms with E-state index in [0.29, 0.717) is 0 Å². The van der Waals surface area contributed by atoms with Crippen molar-refractivity contribution < 1.29 is 33.3 Å². The number of hydrogen-bond acceptors (Lipinski definition) is 8. The van der Waals surface area contributed by atoms with Crippen LogP contribution < -0.4 is 0 Å². The molecule has 1 aliphatic heterocycles. The second kappa shape index (κ2) is 9.12. The van der Waals surface area contributed by atoms with Crippen molar-refractivity contribution in [1.82, 2.24) is 0 Å². The van der Waals surface area contributed by atoms with Gasteiger partial charge in [-0.05, 0) is 6.42 Å². The number of rotatable bonds is 6. The molecule has 0 aromatic rings. The highest BCUT2D eigenvalue weighted by molar-refractivity contribution is 8.00. The first-order valence-corrected chi connectivity index (χ1v) is 8.47. The molecule has 0 spiro atoms. The summed E-state index contributed by atoms with van der Waals surface area (Å²) in [7, 11) is 0. The van der Waals surface area contributed by atoms with Gasteiger partial charge in [-0.2, -0.15) is 0 Å². The third kappa shape index (κ3) is 6.39. The Kier molecular flexibility index (Phi) is 7.84. The van der Waals surface area contributed by atoms with Gasteiger partial charge in [0.05, 0.1) is 6.61 Å². The molecule has 0 amide bonds. The van der Waals surface area contributed by atoms with Crippen molar-refractivity contribution in [1.29, 1.82) is 0 Å². The largest absolute Gasteiger partial charge is 0.456 e. The van der Waals surface area contributed by atoms with Crippen molar-refractivity contribution >= 4 is 29.7 Å². The van der Waals surface area contributed by atoms with E-state index in [0.717, 1.165) is 6.42 Å². The Morgan fingerprint density at radius 3 is 2.04 bits per heavy atom. The summed E-state index contributed by atoms with van der Waals surface area (Å²) in [5, 5.41) is 0.265. The van der Waals surface area contributed by atoms with E-state index < -0.39 is 41.7 Å². The molecular formula is C15H24O7S. The summed E-state index contributed by atoms with van der Waals surface area (Å²) in [5.74, 6) is -1.59. The summed E-state index contributed by atoms with van der Waals surface area (Å²) >= 11 is 1.49. The Hall–Kier alpha value is -1.28. The van der Waals surface area contributed by atoms with Gasteiger partial charge in [-0.25, -0.2) is 0 Å². The monoisotopic (exact) mass is 348 g/mol. The number of hydrogen-bond donors (Lipinski definition) is 0. The molecule has 0 bridgehead atoms. The zero-order chi connectivity index (χ0) is 17.6. The van der Waals surface area contributed by atoms with E-state index in [1.54, 1.807) is 0 Å². The smallest absolute Gasteiger partial charge is 0.303 e. The van der Waals surface area contributed by atoms with Gasteiger partial charge in [0, 0.05) is 26.0 Å². The molecule has 1 rings (SSSR count). The fourth-order valence-electron chi connectivity index (χ4n) is 2.15. The van der Waals surface area contributed by atoms with Crippen LogP contribution in [-0.2, 0) is 33.3 Å². The molecule has 8 heteroatoms. The summed E-state index contributed by atoms with van der Waals surface area (Å²) in [6.07, 6.45) is -1.64. The zero-order valence-corrected chi connectivity index (χ0v) is 14.9. The Morgan fingerprint density at radius 2 is 1.57 bits per heavy atom. The predicted molar refractivity (Wildman–Crippen MR) is 83.7 cm³/mol. The lowest BCUT2D eigenvalue weighted by molar-refractivity contribution is -0.213. The molecule has 0 radical (unpaired) electrons. The molecule has 132 valence electrons. The second-order valence-electron chi connectivity index (χ2n) is 5.35. The highest BCUT2D eigenvalue weighted by atomic mass is 32.2. The van der Waals surface area contributed by atoms with Gasteiger partial charge in [0.25, 0.3) is 0 Å². The second-order valence-corrected chi connectivity index (χ2v) is 6.89. The lowest BCUT2D eigenvalue weighted by atomic mass is 10.1. The normalized spacial score (nSPS) is 28.6. The van der Waals surface area contributed by atoms with Crippen LogP contribution in [0.2, 0.25) is 0 Å². The van der Waals surface area contributed by atoms with Crippen molar-refractivity contribution in [2.45, 2.75) is 70.0 Å². The van der Waals surface area contributed by atoms with Crippen molar-refractivity contribution in [2.24, 2.45) is 0 Å². The number of thioether (sulfide) groups is 1. The van der Waals surface area contributed by atoms with E-state index in [1.165, 1.54) is 32.5 Å². The maximum absolute atomic E-state index is 11.4. The van der Waals surface area contributed by atoms with Gasteiger partial charge in [0.2, 0.25) is 0 Å². The lowest BCUT2D eigenvalue weighted by Gasteiger charge is -2.40. The molecule has 7 nitrogen and oxygen atoms in total. The highest BCUT2D eigenvalue weighted by Crippen LogP contribution is 2.33. The van der Waals surface area contributed by atoms with E-state index in [2.05, 4.69) is 0 Å². The fourth-order valence-corrected chi connectivity index (χ4v) is 3.32. The topological polar surface area (TPSA) is 88.1 Å². The van der Waals surface area contributed by atoms with E-state index in [9.17, 15) is 14.4 Å². The van der Waals surface area contributed by atoms with Crippen molar-refractivity contribution in [3.05, 3.63) is 0 Å². The Labute approximate surface area is 140 Å². The summed E-state index contributed by atoms with van der Waals surface area (Å²) in [6.45, 7) is 7.91. The first-order chi connectivity index (χ1) is 10.7. The molecule has 1 unspecified atom stereocenters. The standard InChI is InChI=1S/C15H24O7S/c1-6-8(2)23-15-14(22-11(5)18)13(21-10(4)17)12(7-19-15)20-9(3)16/h8,12-15H,6-7H2,1-5H3/t8?,12-,13+,14-,15-/m1/s1. The zero-order valence-electron chi connectivity index (χ0n) is 14.1. The minimum Gasteiger partial charge on any atom is -0.456 e. The van der Waals surface area contributed by atoms with Crippen LogP contribution in [0.5, 0.6) is 0 Å². The molecule has 0 aliphatic carbocycles. The van der Waals surface area contributed by atoms with Gasteiger partial charge in [0.1, 0.15) is 5.44 Å². The van der Waals surface area contributed by atoms with Gasteiger partial charge >= 0.3 is 17.9 Å². The molecule has 0 N–H and O–H groups in total. The number of esters is 3. The minimum absolute atomic E-state index is 0.0728. The number of carbonyl (C=O) groups excluding carboxylic acids is 3. The molecule has 1 aliphatic rings. The quantitative estimate of drug-likeness (QED) is 0.529. The van der Waals surface area contributed by atoms with E-state index in [1.807, 2.05) is 13.8 Å². The van der Waals surface area contributed by atoms with Gasteiger partial charge < -0.3 is 18.9 Å². The van der Waals surface area contributed by atoms with Crippen LogP contribution >= 0.6 is 11.8 Å². The fraction of sp³-hybridized carbons (Fsp3) is 0.800. The maximum Gasteiger partial charge on any atom is 0.303 e. The highest BCUT2D eigenvalue weighted by Gasteiger charge is 2.47.